The molecule has 1 heterocycles. The van der Waals surface area contributed by atoms with Crippen LogP contribution in [0, 0.1) is 5.82 Å². The summed E-state index contributed by atoms with van der Waals surface area (Å²) >= 11 is 0. The molecule has 0 radical (unpaired) electrons. The van der Waals surface area contributed by atoms with Crippen molar-refractivity contribution in [3.8, 4) is 11.1 Å². The number of amides is 2. The summed E-state index contributed by atoms with van der Waals surface area (Å²) in [6, 6.07) is 23.1. The van der Waals surface area contributed by atoms with Gasteiger partial charge in [-0.2, -0.15) is 0 Å². The molecule has 0 spiro atoms. The highest BCUT2D eigenvalue weighted by atomic mass is 19.1. The smallest absolute Gasteiger partial charge is 0.256 e. The first-order valence-electron chi connectivity index (χ1n) is 10.9. The maximum atomic E-state index is 13.5. The number of carbonyl (C=O) groups excluding carboxylic acids is 2. The zero-order chi connectivity index (χ0) is 23.4. The molecule has 0 aromatic heterocycles. The van der Waals surface area contributed by atoms with E-state index in [9.17, 15) is 14.0 Å². The van der Waals surface area contributed by atoms with Crippen molar-refractivity contribution < 1.29 is 18.7 Å². The quantitative estimate of drug-likeness (QED) is 0.595. The average Bonchev–Trinajstić information content (AvgIpc) is 2.84. The van der Waals surface area contributed by atoms with E-state index in [-0.39, 0.29) is 37.2 Å². The second-order valence-corrected chi connectivity index (χ2v) is 8.48. The van der Waals surface area contributed by atoms with Gasteiger partial charge in [0.25, 0.3) is 11.8 Å². The molecule has 1 atom stereocenters. The number of nitrogens with zero attached hydrogens (tertiary/aromatic N) is 2. The third kappa shape index (κ3) is 4.81. The van der Waals surface area contributed by atoms with Crippen molar-refractivity contribution in [3.05, 3.63) is 95.8 Å². The van der Waals surface area contributed by atoms with E-state index in [2.05, 4.69) is 0 Å². The van der Waals surface area contributed by atoms with Gasteiger partial charge in [-0.1, -0.05) is 54.6 Å². The van der Waals surface area contributed by atoms with E-state index in [1.807, 2.05) is 42.5 Å². The van der Waals surface area contributed by atoms with Gasteiger partial charge in [-0.15, -0.1) is 0 Å². The summed E-state index contributed by atoms with van der Waals surface area (Å²) < 4.78 is 19.7. The van der Waals surface area contributed by atoms with Crippen LogP contribution in [-0.4, -0.2) is 61.0 Å². The molecule has 2 amide bonds. The Hall–Kier alpha value is -3.51. The van der Waals surface area contributed by atoms with Gasteiger partial charge in [0, 0.05) is 32.6 Å². The normalized spacial score (nSPS) is 18.1. The Labute approximate surface area is 193 Å². The first-order valence-corrected chi connectivity index (χ1v) is 10.9. The third-order valence-electron chi connectivity index (χ3n) is 5.94. The fourth-order valence-electron chi connectivity index (χ4n) is 4.33. The standard InChI is InChI=1S/C27H27FN2O3/c1-29(2)26(32)27(19-30(16-17-33-27)25(31)21-8-4-3-5-9-21)18-22-10-6-7-11-24(22)20-12-14-23(28)15-13-20/h3-15H,16-19H2,1-2H3. The molecule has 3 aromatic rings. The number of halogens is 1. The minimum atomic E-state index is -1.22. The van der Waals surface area contributed by atoms with Crippen molar-refractivity contribution in [2.45, 2.75) is 12.0 Å². The Kier molecular flexibility index (Phi) is 6.56. The highest BCUT2D eigenvalue weighted by molar-refractivity contribution is 5.95. The van der Waals surface area contributed by atoms with Gasteiger partial charge in [0.05, 0.1) is 13.2 Å². The topological polar surface area (TPSA) is 49.9 Å². The van der Waals surface area contributed by atoms with E-state index in [0.29, 0.717) is 12.1 Å². The maximum absolute atomic E-state index is 13.5. The maximum Gasteiger partial charge on any atom is 0.256 e. The van der Waals surface area contributed by atoms with Crippen molar-refractivity contribution in [3.63, 3.8) is 0 Å². The Morgan fingerprint density at radius 3 is 2.33 bits per heavy atom. The first-order chi connectivity index (χ1) is 15.9. The number of likely N-dealkylation sites (N-methyl/N-ethyl adjacent to an activating group) is 1. The fourth-order valence-corrected chi connectivity index (χ4v) is 4.33. The number of carbonyl (C=O) groups is 2. The Balaban J connectivity index is 1.70. The predicted octanol–water partition coefficient (Wildman–Crippen LogP) is 4.03. The van der Waals surface area contributed by atoms with Crippen molar-refractivity contribution in [1.29, 1.82) is 0 Å². The minimum Gasteiger partial charge on any atom is -0.361 e. The lowest BCUT2D eigenvalue weighted by Gasteiger charge is -2.43. The van der Waals surface area contributed by atoms with Crippen LogP contribution in [0.5, 0.6) is 0 Å². The molecule has 1 aliphatic heterocycles. The van der Waals surface area contributed by atoms with Crippen LogP contribution >= 0.6 is 0 Å². The van der Waals surface area contributed by atoms with E-state index in [0.717, 1.165) is 16.7 Å². The highest BCUT2D eigenvalue weighted by Gasteiger charge is 2.46. The van der Waals surface area contributed by atoms with Crippen LogP contribution in [0.1, 0.15) is 15.9 Å². The molecule has 1 unspecified atom stereocenters. The van der Waals surface area contributed by atoms with Crippen LogP contribution in [0.2, 0.25) is 0 Å². The van der Waals surface area contributed by atoms with Crippen molar-refractivity contribution in [1.82, 2.24) is 9.80 Å². The molecule has 170 valence electrons. The van der Waals surface area contributed by atoms with Gasteiger partial charge in [-0.25, -0.2) is 4.39 Å². The van der Waals surface area contributed by atoms with Gasteiger partial charge >= 0.3 is 0 Å². The summed E-state index contributed by atoms with van der Waals surface area (Å²) in [6.45, 7) is 0.822. The largest absolute Gasteiger partial charge is 0.361 e. The number of hydrogen-bond donors (Lipinski definition) is 0. The van der Waals surface area contributed by atoms with Crippen molar-refractivity contribution in [2.75, 3.05) is 33.8 Å². The molecule has 4 rings (SSSR count). The molecule has 1 aliphatic rings. The number of ether oxygens (including phenoxy) is 1. The molecular weight excluding hydrogens is 419 g/mol. The highest BCUT2D eigenvalue weighted by Crippen LogP contribution is 2.31. The van der Waals surface area contributed by atoms with Gasteiger partial charge in [0.1, 0.15) is 5.82 Å². The van der Waals surface area contributed by atoms with E-state index >= 15 is 0 Å². The Bertz CT molecular complexity index is 1130. The second kappa shape index (κ2) is 9.55. The van der Waals surface area contributed by atoms with E-state index in [4.69, 9.17) is 4.74 Å². The molecule has 0 saturated carbocycles. The minimum absolute atomic E-state index is 0.123. The van der Waals surface area contributed by atoms with Gasteiger partial charge in [-0.3, -0.25) is 9.59 Å². The van der Waals surface area contributed by atoms with Gasteiger partial charge in [0.2, 0.25) is 0 Å². The lowest BCUT2D eigenvalue weighted by atomic mass is 9.86. The van der Waals surface area contributed by atoms with Gasteiger partial charge in [0.15, 0.2) is 5.60 Å². The Morgan fingerprint density at radius 1 is 0.970 bits per heavy atom. The van der Waals surface area contributed by atoms with E-state index < -0.39 is 5.60 Å². The van der Waals surface area contributed by atoms with Crippen molar-refractivity contribution >= 4 is 11.8 Å². The van der Waals surface area contributed by atoms with Gasteiger partial charge < -0.3 is 14.5 Å². The van der Waals surface area contributed by atoms with Crippen LogP contribution in [0.4, 0.5) is 4.39 Å². The van der Waals surface area contributed by atoms with Crippen LogP contribution in [0.15, 0.2) is 78.9 Å². The van der Waals surface area contributed by atoms with Crippen molar-refractivity contribution in [2.24, 2.45) is 0 Å². The summed E-state index contributed by atoms with van der Waals surface area (Å²) in [7, 11) is 3.38. The van der Waals surface area contributed by atoms with Crippen LogP contribution in [0.3, 0.4) is 0 Å². The number of rotatable bonds is 5. The van der Waals surface area contributed by atoms with E-state index in [1.54, 1.807) is 43.3 Å². The molecular formula is C27H27FN2O3. The van der Waals surface area contributed by atoms with Crippen LogP contribution < -0.4 is 0 Å². The second-order valence-electron chi connectivity index (χ2n) is 8.48. The lowest BCUT2D eigenvalue weighted by molar-refractivity contribution is -0.165. The Morgan fingerprint density at radius 2 is 1.64 bits per heavy atom. The van der Waals surface area contributed by atoms with Crippen LogP contribution in [-0.2, 0) is 16.0 Å². The SMILES string of the molecule is CN(C)C(=O)C1(Cc2ccccc2-c2ccc(F)cc2)CN(C(=O)c2ccccc2)CCO1. The van der Waals surface area contributed by atoms with Gasteiger partial charge in [-0.05, 0) is 41.0 Å². The summed E-state index contributed by atoms with van der Waals surface area (Å²) in [5.41, 5.74) is 2.01. The fraction of sp³-hybridized carbons (Fsp3) is 0.259. The number of benzene rings is 3. The third-order valence-corrected chi connectivity index (χ3v) is 5.94. The summed E-state index contributed by atoms with van der Waals surface area (Å²) in [5, 5.41) is 0. The number of morpholine rings is 1. The summed E-state index contributed by atoms with van der Waals surface area (Å²) in [5.74, 6) is -0.621. The van der Waals surface area contributed by atoms with E-state index in [1.165, 1.54) is 17.0 Å². The number of hydrogen-bond acceptors (Lipinski definition) is 3. The lowest BCUT2D eigenvalue weighted by Crippen LogP contribution is -2.61. The zero-order valence-corrected chi connectivity index (χ0v) is 18.8. The summed E-state index contributed by atoms with van der Waals surface area (Å²) in [6.07, 6.45) is 0.288. The molecule has 6 heteroatoms. The first kappa shape index (κ1) is 22.7. The molecule has 1 saturated heterocycles. The molecule has 0 bridgehead atoms. The molecule has 0 N–H and O–H groups in total. The molecule has 33 heavy (non-hydrogen) atoms. The van der Waals surface area contributed by atoms with Crippen LogP contribution in [0.25, 0.3) is 11.1 Å². The molecule has 3 aromatic carbocycles. The molecule has 5 nitrogen and oxygen atoms in total. The monoisotopic (exact) mass is 446 g/mol. The zero-order valence-electron chi connectivity index (χ0n) is 18.8. The molecule has 1 fully saturated rings. The average molecular weight is 447 g/mol. The predicted molar refractivity (Wildman–Crippen MR) is 125 cm³/mol. The molecule has 0 aliphatic carbocycles. The summed E-state index contributed by atoms with van der Waals surface area (Å²) in [4.78, 5) is 29.8.